The standard InChI is InChI=1S/C19H18FN3O4/c1-11(19-22-17(23-27-19)12-4-6-13(20)7-5-12)21-18(24)15-9-8-14(25-2)10-16(15)26-3/h4-11H,1-3H3,(H,21,24)/t11-/m1/s1. The van der Waals surface area contributed by atoms with E-state index in [1.54, 1.807) is 37.3 Å². The van der Waals surface area contributed by atoms with Gasteiger partial charge in [0, 0.05) is 11.6 Å². The molecule has 0 aliphatic carbocycles. The molecule has 0 saturated heterocycles. The van der Waals surface area contributed by atoms with Crippen LogP contribution in [0.2, 0.25) is 0 Å². The molecule has 1 heterocycles. The van der Waals surface area contributed by atoms with Gasteiger partial charge in [-0.1, -0.05) is 5.16 Å². The minimum absolute atomic E-state index is 0.232. The van der Waals surface area contributed by atoms with E-state index in [9.17, 15) is 9.18 Å². The van der Waals surface area contributed by atoms with E-state index in [4.69, 9.17) is 14.0 Å². The summed E-state index contributed by atoms with van der Waals surface area (Å²) < 4.78 is 28.6. The Hall–Kier alpha value is -3.42. The number of ether oxygens (including phenoxy) is 2. The zero-order valence-corrected chi connectivity index (χ0v) is 15.0. The van der Waals surface area contributed by atoms with Gasteiger partial charge in [0.1, 0.15) is 23.4 Å². The molecule has 27 heavy (non-hydrogen) atoms. The minimum Gasteiger partial charge on any atom is -0.497 e. The van der Waals surface area contributed by atoms with Crippen LogP contribution in [0.1, 0.15) is 29.2 Å². The maximum absolute atomic E-state index is 13.0. The molecule has 1 N–H and O–H groups in total. The van der Waals surface area contributed by atoms with Crippen molar-refractivity contribution >= 4 is 5.91 Å². The van der Waals surface area contributed by atoms with Crippen molar-refractivity contribution in [1.29, 1.82) is 0 Å². The quantitative estimate of drug-likeness (QED) is 0.715. The summed E-state index contributed by atoms with van der Waals surface area (Å²) in [6.45, 7) is 1.72. The summed E-state index contributed by atoms with van der Waals surface area (Å²) >= 11 is 0. The van der Waals surface area contributed by atoms with Crippen molar-refractivity contribution in [2.75, 3.05) is 14.2 Å². The van der Waals surface area contributed by atoms with E-state index in [0.29, 0.717) is 28.5 Å². The highest BCUT2D eigenvalue weighted by Gasteiger charge is 2.20. The smallest absolute Gasteiger partial charge is 0.255 e. The van der Waals surface area contributed by atoms with Crippen LogP contribution in [0.4, 0.5) is 4.39 Å². The van der Waals surface area contributed by atoms with Crippen molar-refractivity contribution in [2.45, 2.75) is 13.0 Å². The Balaban J connectivity index is 1.75. The largest absolute Gasteiger partial charge is 0.497 e. The Labute approximate surface area is 155 Å². The Morgan fingerprint density at radius 3 is 2.56 bits per heavy atom. The molecule has 0 spiro atoms. The third-order valence-electron chi connectivity index (χ3n) is 3.92. The SMILES string of the molecule is COc1ccc(C(=O)N[C@H](C)c2nc(-c3ccc(F)cc3)no2)c(OC)c1. The molecule has 0 radical (unpaired) electrons. The maximum Gasteiger partial charge on any atom is 0.255 e. The highest BCUT2D eigenvalue weighted by Crippen LogP contribution is 2.25. The fraction of sp³-hybridized carbons (Fsp3) is 0.211. The normalized spacial score (nSPS) is 11.7. The van der Waals surface area contributed by atoms with E-state index in [-0.39, 0.29) is 17.6 Å². The summed E-state index contributed by atoms with van der Waals surface area (Å²) in [4.78, 5) is 16.8. The number of carbonyl (C=O) groups is 1. The summed E-state index contributed by atoms with van der Waals surface area (Å²) in [6, 6.07) is 10.1. The number of carbonyl (C=O) groups excluding carboxylic acids is 1. The second kappa shape index (κ2) is 7.86. The number of benzene rings is 2. The number of methoxy groups -OCH3 is 2. The van der Waals surface area contributed by atoms with E-state index in [2.05, 4.69) is 15.5 Å². The number of amides is 1. The van der Waals surface area contributed by atoms with Gasteiger partial charge in [-0.25, -0.2) is 4.39 Å². The molecular formula is C19H18FN3O4. The van der Waals surface area contributed by atoms with Gasteiger partial charge in [-0.15, -0.1) is 0 Å². The van der Waals surface area contributed by atoms with Crippen LogP contribution >= 0.6 is 0 Å². The third kappa shape index (κ3) is 4.05. The van der Waals surface area contributed by atoms with E-state index < -0.39 is 6.04 Å². The van der Waals surface area contributed by atoms with E-state index in [1.807, 2.05) is 0 Å². The zero-order chi connectivity index (χ0) is 19.4. The van der Waals surface area contributed by atoms with E-state index in [1.165, 1.54) is 26.4 Å². The van der Waals surface area contributed by atoms with Crippen LogP contribution in [0, 0.1) is 5.82 Å². The van der Waals surface area contributed by atoms with Crippen LogP contribution in [0.5, 0.6) is 11.5 Å². The van der Waals surface area contributed by atoms with E-state index >= 15 is 0 Å². The molecule has 7 nitrogen and oxygen atoms in total. The Kier molecular flexibility index (Phi) is 5.35. The molecule has 0 fully saturated rings. The molecule has 0 saturated carbocycles. The van der Waals surface area contributed by atoms with Crippen molar-refractivity contribution < 1.29 is 23.2 Å². The van der Waals surface area contributed by atoms with Crippen molar-refractivity contribution in [3.05, 3.63) is 59.7 Å². The first-order chi connectivity index (χ1) is 13.0. The Morgan fingerprint density at radius 2 is 1.89 bits per heavy atom. The lowest BCUT2D eigenvalue weighted by Gasteiger charge is -2.13. The van der Waals surface area contributed by atoms with Gasteiger partial charge in [-0.05, 0) is 43.3 Å². The van der Waals surface area contributed by atoms with Crippen LogP contribution in [-0.2, 0) is 0 Å². The molecule has 1 atom stereocenters. The number of aromatic nitrogens is 2. The lowest BCUT2D eigenvalue weighted by atomic mass is 10.1. The number of halogens is 1. The van der Waals surface area contributed by atoms with Crippen molar-refractivity contribution in [3.8, 4) is 22.9 Å². The van der Waals surface area contributed by atoms with Gasteiger partial charge >= 0.3 is 0 Å². The van der Waals surface area contributed by atoms with Gasteiger partial charge in [-0.3, -0.25) is 4.79 Å². The molecule has 140 valence electrons. The molecule has 3 rings (SSSR count). The Bertz CT molecular complexity index is 940. The predicted octanol–water partition coefficient (Wildman–Crippen LogP) is 3.38. The monoisotopic (exact) mass is 371 g/mol. The van der Waals surface area contributed by atoms with Gasteiger partial charge in [0.15, 0.2) is 0 Å². The van der Waals surface area contributed by atoms with Crippen LogP contribution in [0.3, 0.4) is 0 Å². The number of hydrogen-bond acceptors (Lipinski definition) is 6. The third-order valence-corrected chi connectivity index (χ3v) is 3.92. The van der Waals surface area contributed by atoms with Gasteiger partial charge < -0.3 is 19.3 Å². The fourth-order valence-corrected chi connectivity index (χ4v) is 2.45. The lowest BCUT2D eigenvalue weighted by molar-refractivity contribution is 0.0929. The lowest BCUT2D eigenvalue weighted by Crippen LogP contribution is -2.27. The van der Waals surface area contributed by atoms with Gasteiger partial charge in [0.25, 0.3) is 5.91 Å². The first kappa shape index (κ1) is 18.4. The predicted molar refractivity (Wildman–Crippen MR) is 95.1 cm³/mol. The average Bonchev–Trinajstić information content (AvgIpc) is 3.18. The van der Waals surface area contributed by atoms with Crippen molar-refractivity contribution in [3.63, 3.8) is 0 Å². The average molecular weight is 371 g/mol. The summed E-state index contributed by atoms with van der Waals surface area (Å²) in [6.07, 6.45) is 0. The summed E-state index contributed by atoms with van der Waals surface area (Å²) in [7, 11) is 3.01. The van der Waals surface area contributed by atoms with Crippen LogP contribution in [-0.4, -0.2) is 30.3 Å². The topological polar surface area (TPSA) is 86.5 Å². The highest BCUT2D eigenvalue weighted by molar-refractivity contribution is 5.97. The molecule has 8 heteroatoms. The molecule has 2 aromatic carbocycles. The maximum atomic E-state index is 13.0. The molecule has 0 unspecified atom stereocenters. The highest BCUT2D eigenvalue weighted by atomic mass is 19.1. The Morgan fingerprint density at radius 1 is 1.15 bits per heavy atom. The van der Waals surface area contributed by atoms with Crippen molar-refractivity contribution in [1.82, 2.24) is 15.5 Å². The first-order valence-electron chi connectivity index (χ1n) is 8.14. The first-order valence-corrected chi connectivity index (χ1v) is 8.14. The van der Waals surface area contributed by atoms with Gasteiger partial charge in [-0.2, -0.15) is 4.98 Å². The van der Waals surface area contributed by atoms with Crippen LogP contribution < -0.4 is 14.8 Å². The van der Waals surface area contributed by atoms with Crippen molar-refractivity contribution in [2.24, 2.45) is 0 Å². The van der Waals surface area contributed by atoms with Crippen LogP contribution in [0.15, 0.2) is 47.0 Å². The molecule has 0 bridgehead atoms. The molecule has 0 aliphatic rings. The molecule has 3 aromatic rings. The van der Waals surface area contributed by atoms with E-state index in [0.717, 1.165) is 0 Å². The van der Waals surface area contributed by atoms with Gasteiger partial charge in [0.2, 0.25) is 11.7 Å². The number of nitrogens with zero attached hydrogens (tertiary/aromatic N) is 2. The molecule has 1 amide bonds. The number of rotatable bonds is 6. The summed E-state index contributed by atoms with van der Waals surface area (Å²) in [5.74, 6) is 0.803. The molecule has 1 aromatic heterocycles. The van der Waals surface area contributed by atoms with Crippen LogP contribution in [0.25, 0.3) is 11.4 Å². The number of hydrogen-bond donors (Lipinski definition) is 1. The second-order valence-corrected chi connectivity index (χ2v) is 5.72. The zero-order valence-electron chi connectivity index (χ0n) is 15.0. The summed E-state index contributed by atoms with van der Waals surface area (Å²) in [5, 5.41) is 6.66. The van der Waals surface area contributed by atoms with Gasteiger partial charge in [0.05, 0.1) is 19.8 Å². The second-order valence-electron chi connectivity index (χ2n) is 5.72. The minimum atomic E-state index is -0.536. The molecule has 0 aliphatic heterocycles. The number of nitrogens with one attached hydrogen (secondary N) is 1. The molecular weight excluding hydrogens is 353 g/mol. The fourth-order valence-electron chi connectivity index (χ4n) is 2.45. The summed E-state index contributed by atoms with van der Waals surface area (Å²) in [5.41, 5.74) is 0.963.